The molecule has 0 aromatic heterocycles. The molecule has 2 aliphatic carbocycles. The predicted molar refractivity (Wildman–Crippen MR) is 78.2 cm³/mol. The van der Waals surface area contributed by atoms with Crippen LogP contribution in [0.2, 0.25) is 0 Å². The van der Waals surface area contributed by atoms with E-state index in [-0.39, 0.29) is 23.3 Å². The van der Waals surface area contributed by atoms with Crippen molar-refractivity contribution in [1.82, 2.24) is 4.90 Å². The van der Waals surface area contributed by atoms with E-state index in [4.69, 9.17) is 10.5 Å². The van der Waals surface area contributed by atoms with Gasteiger partial charge in [0.25, 0.3) is 0 Å². The van der Waals surface area contributed by atoms with Crippen LogP contribution in [0.4, 0.5) is 0 Å². The van der Waals surface area contributed by atoms with Crippen molar-refractivity contribution in [3.63, 3.8) is 0 Å². The fourth-order valence-corrected chi connectivity index (χ4v) is 4.74. The molecule has 1 amide bonds. The summed E-state index contributed by atoms with van der Waals surface area (Å²) in [5.74, 6) is 0.345. The Bertz CT molecular complexity index is 403. The minimum absolute atomic E-state index is 0.140. The highest BCUT2D eigenvalue weighted by molar-refractivity contribution is 5.89. The summed E-state index contributed by atoms with van der Waals surface area (Å²) in [7, 11) is 1.95. The molecule has 3 rings (SSSR count). The number of nitrogens with two attached hydrogens (primary N) is 1. The highest BCUT2D eigenvalue weighted by atomic mass is 16.5. The molecule has 114 valence electrons. The van der Waals surface area contributed by atoms with Gasteiger partial charge in [-0.15, -0.1) is 0 Å². The monoisotopic (exact) mass is 280 g/mol. The van der Waals surface area contributed by atoms with Crippen LogP contribution in [0.1, 0.15) is 52.4 Å². The van der Waals surface area contributed by atoms with Crippen LogP contribution in [0.3, 0.4) is 0 Å². The number of likely N-dealkylation sites (N-methyl/N-ethyl adjacent to an activating group) is 1. The number of amides is 1. The van der Waals surface area contributed by atoms with Crippen LogP contribution in [-0.2, 0) is 9.53 Å². The number of carbonyl (C=O) groups is 1. The molecule has 1 heterocycles. The zero-order chi connectivity index (χ0) is 14.5. The smallest absolute Gasteiger partial charge is 0.243 e. The molecular weight excluding hydrogens is 252 g/mol. The number of nitrogens with zero attached hydrogens (tertiary/aromatic N) is 1. The highest BCUT2D eigenvalue weighted by Gasteiger charge is 2.71. The van der Waals surface area contributed by atoms with E-state index in [9.17, 15) is 4.79 Å². The first-order chi connectivity index (χ1) is 9.40. The zero-order valence-electron chi connectivity index (χ0n) is 13.0. The molecule has 20 heavy (non-hydrogen) atoms. The standard InChI is InChI=1S/C16H28N2O2/c1-15(2)13-12(9-10-20-13)16(15,17)14(19)18(3)11-7-5-4-6-8-11/h11-13H,4-10,17H2,1-3H3. The molecule has 0 radical (unpaired) electrons. The fraction of sp³-hybridized carbons (Fsp3) is 0.938. The molecule has 0 bridgehead atoms. The lowest BCUT2D eigenvalue weighted by Gasteiger charge is -2.62. The first-order valence-corrected chi connectivity index (χ1v) is 8.08. The second-order valence-electron chi connectivity index (χ2n) is 7.49. The zero-order valence-corrected chi connectivity index (χ0v) is 13.0. The summed E-state index contributed by atoms with van der Waals surface area (Å²) < 4.78 is 5.79. The Balaban J connectivity index is 1.78. The molecule has 3 fully saturated rings. The number of fused-ring (bicyclic) bond motifs is 1. The maximum Gasteiger partial charge on any atom is 0.243 e. The van der Waals surface area contributed by atoms with Gasteiger partial charge in [0.05, 0.1) is 6.10 Å². The molecule has 4 nitrogen and oxygen atoms in total. The molecule has 1 aliphatic heterocycles. The van der Waals surface area contributed by atoms with E-state index in [1.54, 1.807) is 0 Å². The van der Waals surface area contributed by atoms with Crippen LogP contribution in [0, 0.1) is 11.3 Å². The highest BCUT2D eigenvalue weighted by Crippen LogP contribution is 2.58. The lowest BCUT2D eigenvalue weighted by Crippen LogP contribution is -2.80. The van der Waals surface area contributed by atoms with Gasteiger partial charge in [0.2, 0.25) is 5.91 Å². The lowest BCUT2D eigenvalue weighted by atomic mass is 9.47. The van der Waals surface area contributed by atoms with Gasteiger partial charge in [-0.05, 0) is 19.3 Å². The number of rotatable bonds is 2. The minimum atomic E-state index is -0.736. The number of hydrogen-bond acceptors (Lipinski definition) is 3. The Kier molecular flexibility index (Phi) is 3.37. The van der Waals surface area contributed by atoms with Gasteiger partial charge in [-0.2, -0.15) is 0 Å². The second-order valence-corrected chi connectivity index (χ2v) is 7.49. The molecule has 0 aromatic carbocycles. The van der Waals surface area contributed by atoms with Gasteiger partial charge in [0.15, 0.2) is 0 Å². The quantitative estimate of drug-likeness (QED) is 0.841. The topological polar surface area (TPSA) is 55.6 Å². The van der Waals surface area contributed by atoms with Crippen molar-refractivity contribution in [3.05, 3.63) is 0 Å². The Hall–Kier alpha value is -0.610. The number of ether oxygens (including phenoxy) is 1. The summed E-state index contributed by atoms with van der Waals surface area (Å²) in [6.07, 6.45) is 7.12. The van der Waals surface area contributed by atoms with Gasteiger partial charge in [-0.3, -0.25) is 4.79 Å². The van der Waals surface area contributed by atoms with Crippen molar-refractivity contribution >= 4 is 5.91 Å². The van der Waals surface area contributed by atoms with Gasteiger partial charge < -0.3 is 15.4 Å². The normalized spacial score (nSPS) is 40.0. The Morgan fingerprint density at radius 1 is 1.20 bits per heavy atom. The molecule has 3 atom stereocenters. The van der Waals surface area contributed by atoms with Crippen LogP contribution in [0.5, 0.6) is 0 Å². The van der Waals surface area contributed by atoms with E-state index in [2.05, 4.69) is 13.8 Å². The van der Waals surface area contributed by atoms with Crippen LogP contribution < -0.4 is 5.73 Å². The van der Waals surface area contributed by atoms with Crippen molar-refractivity contribution in [2.24, 2.45) is 17.1 Å². The Morgan fingerprint density at radius 3 is 2.50 bits per heavy atom. The average Bonchev–Trinajstić information content (AvgIpc) is 2.94. The molecule has 1 saturated heterocycles. The van der Waals surface area contributed by atoms with E-state index in [0.29, 0.717) is 6.04 Å². The summed E-state index contributed by atoms with van der Waals surface area (Å²) >= 11 is 0. The van der Waals surface area contributed by atoms with E-state index in [0.717, 1.165) is 25.9 Å². The van der Waals surface area contributed by atoms with Crippen molar-refractivity contribution in [3.8, 4) is 0 Å². The summed E-state index contributed by atoms with van der Waals surface area (Å²) in [4.78, 5) is 15.0. The van der Waals surface area contributed by atoms with Crippen LogP contribution in [0.15, 0.2) is 0 Å². The fourth-order valence-electron chi connectivity index (χ4n) is 4.74. The minimum Gasteiger partial charge on any atom is -0.377 e. The maximum atomic E-state index is 13.0. The largest absolute Gasteiger partial charge is 0.377 e. The predicted octanol–water partition coefficient (Wildman–Crippen LogP) is 1.92. The molecule has 2 N–H and O–H groups in total. The van der Waals surface area contributed by atoms with Crippen LogP contribution >= 0.6 is 0 Å². The third kappa shape index (κ3) is 1.70. The number of carbonyl (C=O) groups excluding carboxylic acids is 1. The molecule has 3 aliphatic rings. The second kappa shape index (κ2) is 4.70. The molecule has 4 heteroatoms. The SMILES string of the molecule is CN(C(=O)C1(N)C2CCOC2C1(C)C)C1CCCCC1. The average molecular weight is 280 g/mol. The first kappa shape index (κ1) is 14.3. The van der Waals surface area contributed by atoms with Crippen molar-refractivity contribution in [1.29, 1.82) is 0 Å². The summed E-state index contributed by atoms with van der Waals surface area (Å²) in [5, 5.41) is 0. The third-order valence-corrected chi connectivity index (χ3v) is 6.25. The Morgan fingerprint density at radius 2 is 1.85 bits per heavy atom. The van der Waals surface area contributed by atoms with E-state index < -0.39 is 5.54 Å². The molecular formula is C16H28N2O2. The van der Waals surface area contributed by atoms with Crippen molar-refractivity contribution in [2.45, 2.75) is 70.1 Å². The molecule has 3 unspecified atom stereocenters. The third-order valence-electron chi connectivity index (χ3n) is 6.25. The van der Waals surface area contributed by atoms with Crippen LogP contribution in [-0.4, -0.2) is 42.1 Å². The molecule has 0 spiro atoms. The van der Waals surface area contributed by atoms with E-state index >= 15 is 0 Å². The van der Waals surface area contributed by atoms with Gasteiger partial charge in [0, 0.05) is 31.0 Å². The van der Waals surface area contributed by atoms with Crippen LogP contribution in [0.25, 0.3) is 0 Å². The lowest BCUT2D eigenvalue weighted by molar-refractivity contribution is -0.185. The molecule has 2 saturated carbocycles. The van der Waals surface area contributed by atoms with Gasteiger partial charge in [-0.25, -0.2) is 0 Å². The molecule has 0 aromatic rings. The first-order valence-electron chi connectivity index (χ1n) is 8.08. The summed E-state index contributed by atoms with van der Waals surface area (Å²) in [6.45, 7) is 4.93. The summed E-state index contributed by atoms with van der Waals surface area (Å²) in [5.41, 5.74) is 5.65. The van der Waals surface area contributed by atoms with Gasteiger partial charge >= 0.3 is 0 Å². The Labute approximate surface area is 122 Å². The number of hydrogen-bond donors (Lipinski definition) is 1. The van der Waals surface area contributed by atoms with Gasteiger partial charge in [0.1, 0.15) is 5.54 Å². The van der Waals surface area contributed by atoms with E-state index in [1.807, 2.05) is 11.9 Å². The maximum absolute atomic E-state index is 13.0. The van der Waals surface area contributed by atoms with E-state index in [1.165, 1.54) is 19.3 Å². The van der Waals surface area contributed by atoms with Crippen molar-refractivity contribution in [2.75, 3.05) is 13.7 Å². The van der Waals surface area contributed by atoms with Crippen molar-refractivity contribution < 1.29 is 9.53 Å². The summed E-state index contributed by atoms with van der Waals surface area (Å²) in [6, 6.07) is 0.383. The van der Waals surface area contributed by atoms with Gasteiger partial charge in [-0.1, -0.05) is 33.1 Å².